The van der Waals surface area contributed by atoms with E-state index in [0.717, 1.165) is 11.2 Å². The summed E-state index contributed by atoms with van der Waals surface area (Å²) >= 11 is 0. The second kappa shape index (κ2) is 6.01. The van der Waals surface area contributed by atoms with Crippen molar-refractivity contribution in [3.8, 4) is 11.3 Å². The SMILES string of the molecule is Cc1cc(C)c(C)c(-c2c3ccc(C(C)C)nc3cc(C)[n+]2C)c1. The molecule has 2 heterocycles. The highest BCUT2D eigenvalue weighted by molar-refractivity contribution is 5.92. The Morgan fingerprint density at radius 1 is 0.958 bits per heavy atom. The van der Waals surface area contributed by atoms with E-state index in [1.165, 1.54) is 39.0 Å². The normalized spacial score (nSPS) is 11.5. The fourth-order valence-electron chi connectivity index (χ4n) is 3.39. The predicted octanol–water partition coefficient (Wildman–Crippen LogP) is 5.08. The number of hydrogen-bond donors (Lipinski definition) is 0. The van der Waals surface area contributed by atoms with Gasteiger partial charge in [0, 0.05) is 18.7 Å². The standard InChI is InChI=1S/C22H27N2/c1-13(2)20-9-8-18-21(23-20)12-16(5)24(7)22(18)19-11-14(3)10-15(4)17(19)6/h8-13H,1-7H3/q+1. The van der Waals surface area contributed by atoms with Crippen molar-refractivity contribution in [3.05, 3.63) is 58.4 Å². The number of aryl methyl sites for hydroxylation is 3. The zero-order valence-electron chi connectivity index (χ0n) is 15.9. The minimum Gasteiger partial charge on any atom is -0.252 e. The van der Waals surface area contributed by atoms with Gasteiger partial charge in [0.05, 0.1) is 16.5 Å². The van der Waals surface area contributed by atoms with Crippen LogP contribution in [0.4, 0.5) is 0 Å². The quantitative estimate of drug-likeness (QED) is 0.602. The van der Waals surface area contributed by atoms with Crippen LogP contribution in [0.5, 0.6) is 0 Å². The second-order valence-corrected chi connectivity index (χ2v) is 7.27. The molecule has 0 spiro atoms. The van der Waals surface area contributed by atoms with Crippen LogP contribution in [0.2, 0.25) is 0 Å². The van der Waals surface area contributed by atoms with E-state index in [9.17, 15) is 0 Å². The van der Waals surface area contributed by atoms with Crippen LogP contribution in [0.25, 0.3) is 22.2 Å². The molecule has 2 nitrogen and oxygen atoms in total. The van der Waals surface area contributed by atoms with Crippen LogP contribution in [0, 0.1) is 27.7 Å². The second-order valence-electron chi connectivity index (χ2n) is 7.27. The van der Waals surface area contributed by atoms with Gasteiger partial charge in [0.2, 0.25) is 5.69 Å². The lowest BCUT2D eigenvalue weighted by Crippen LogP contribution is -2.35. The largest absolute Gasteiger partial charge is 0.252 e. The highest BCUT2D eigenvalue weighted by Gasteiger charge is 2.21. The molecule has 0 aliphatic rings. The summed E-state index contributed by atoms with van der Waals surface area (Å²) in [5.74, 6) is 0.440. The van der Waals surface area contributed by atoms with Crippen LogP contribution in [0.1, 0.15) is 47.8 Å². The van der Waals surface area contributed by atoms with E-state index >= 15 is 0 Å². The molecular weight excluding hydrogens is 292 g/mol. The molecule has 0 radical (unpaired) electrons. The number of pyridine rings is 2. The Bertz CT molecular complexity index is 937. The number of hydrogen-bond acceptors (Lipinski definition) is 1. The molecule has 0 atom stereocenters. The average molecular weight is 319 g/mol. The third-order valence-electron chi connectivity index (χ3n) is 5.07. The molecule has 0 aliphatic carbocycles. The van der Waals surface area contributed by atoms with Crippen molar-refractivity contribution in [3.63, 3.8) is 0 Å². The minimum atomic E-state index is 0.440. The molecule has 0 bridgehead atoms. The van der Waals surface area contributed by atoms with Gasteiger partial charge in [-0.15, -0.1) is 0 Å². The first-order chi connectivity index (χ1) is 11.3. The van der Waals surface area contributed by atoms with Gasteiger partial charge >= 0.3 is 0 Å². The van der Waals surface area contributed by atoms with Crippen LogP contribution < -0.4 is 4.57 Å². The average Bonchev–Trinajstić information content (AvgIpc) is 2.52. The van der Waals surface area contributed by atoms with Gasteiger partial charge in [0.25, 0.3) is 0 Å². The molecule has 0 amide bonds. The summed E-state index contributed by atoms with van der Waals surface area (Å²) < 4.78 is 2.29. The van der Waals surface area contributed by atoms with Gasteiger partial charge in [0.15, 0.2) is 5.69 Å². The Morgan fingerprint density at radius 3 is 2.33 bits per heavy atom. The number of fused-ring (bicyclic) bond motifs is 1. The van der Waals surface area contributed by atoms with Gasteiger partial charge in [-0.25, -0.2) is 0 Å². The molecule has 0 aliphatic heterocycles. The molecule has 24 heavy (non-hydrogen) atoms. The van der Waals surface area contributed by atoms with Crippen molar-refractivity contribution in [1.29, 1.82) is 0 Å². The summed E-state index contributed by atoms with van der Waals surface area (Å²) in [5, 5.41) is 1.22. The van der Waals surface area contributed by atoms with E-state index in [2.05, 4.69) is 83.5 Å². The lowest BCUT2D eigenvalue weighted by atomic mass is 9.95. The van der Waals surface area contributed by atoms with Gasteiger partial charge < -0.3 is 0 Å². The first kappa shape index (κ1) is 16.6. The van der Waals surface area contributed by atoms with E-state index in [1.54, 1.807) is 0 Å². The summed E-state index contributed by atoms with van der Waals surface area (Å²) in [6.07, 6.45) is 0. The summed E-state index contributed by atoms with van der Waals surface area (Å²) in [5.41, 5.74) is 10.0. The maximum absolute atomic E-state index is 4.92. The number of rotatable bonds is 2. The van der Waals surface area contributed by atoms with Crippen molar-refractivity contribution in [2.75, 3.05) is 0 Å². The Kier molecular flexibility index (Phi) is 4.16. The molecule has 3 aromatic rings. The van der Waals surface area contributed by atoms with E-state index in [1.807, 2.05) is 0 Å². The third-order valence-corrected chi connectivity index (χ3v) is 5.07. The highest BCUT2D eigenvalue weighted by atomic mass is 14.9. The molecule has 1 aromatic carbocycles. The number of nitrogens with zero attached hydrogens (tertiary/aromatic N) is 2. The maximum Gasteiger partial charge on any atom is 0.222 e. The molecule has 0 N–H and O–H groups in total. The molecule has 0 saturated heterocycles. The molecule has 124 valence electrons. The summed E-state index contributed by atoms with van der Waals surface area (Å²) in [4.78, 5) is 4.92. The van der Waals surface area contributed by atoms with Gasteiger partial charge in [-0.05, 0) is 56.0 Å². The Labute approximate surface area is 145 Å². The lowest BCUT2D eigenvalue weighted by Gasteiger charge is -2.13. The summed E-state index contributed by atoms with van der Waals surface area (Å²) in [7, 11) is 2.15. The van der Waals surface area contributed by atoms with Crippen molar-refractivity contribution in [1.82, 2.24) is 4.98 Å². The Morgan fingerprint density at radius 2 is 1.67 bits per heavy atom. The minimum absolute atomic E-state index is 0.440. The molecule has 0 saturated carbocycles. The van der Waals surface area contributed by atoms with Gasteiger partial charge in [-0.3, -0.25) is 4.98 Å². The highest BCUT2D eigenvalue weighted by Crippen LogP contribution is 2.31. The van der Waals surface area contributed by atoms with Gasteiger partial charge in [-0.2, -0.15) is 4.57 Å². The fraction of sp³-hybridized carbons (Fsp3) is 0.364. The summed E-state index contributed by atoms with van der Waals surface area (Å²) in [6, 6.07) is 11.2. The van der Waals surface area contributed by atoms with E-state index in [0.29, 0.717) is 5.92 Å². The summed E-state index contributed by atoms with van der Waals surface area (Å²) in [6.45, 7) is 13.1. The lowest BCUT2D eigenvalue weighted by molar-refractivity contribution is -0.665. The van der Waals surface area contributed by atoms with E-state index in [4.69, 9.17) is 4.98 Å². The molecule has 0 fully saturated rings. The van der Waals surface area contributed by atoms with Crippen LogP contribution in [0.3, 0.4) is 0 Å². The van der Waals surface area contributed by atoms with Crippen LogP contribution >= 0.6 is 0 Å². The van der Waals surface area contributed by atoms with Gasteiger partial charge in [0.1, 0.15) is 7.05 Å². The Hall–Kier alpha value is -2.22. The van der Waals surface area contributed by atoms with Gasteiger partial charge in [-0.1, -0.05) is 25.5 Å². The zero-order valence-corrected chi connectivity index (χ0v) is 15.9. The van der Waals surface area contributed by atoms with Crippen LogP contribution in [-0.4, -0.2) is 4.98 Å². The predicted molar refractivity (Wildman–Crippen MR) is 101 cm³/mol. The molecule has 2 aromatic heterocycles. The number of aromatic nitrogens is 2. The Balaban J connectivity index is 2.41. The van der Waals surface area contributed by atoms with E-state index < -0.39 is 0 Å². The smallest absolute Gasteiger partial charge is 0.222 e. The molecule has 0 unspecified atom stereocenters. The van der Waals surface area contributed by atoms with Crippen molar-refractivity contribution in [2.24, 2.45) is 7.05 Å². The topological polar surface area (TPSA) is 16.8 Å². The molecular formula is C22H27N2+. The van der Waals surface area contributed by atoms with Crippen molar-refractivity contribution < 1.29 is 4.57 Å². The van der Waals surface area contributed by atoms with Crippen molar-refractivity contribution >= 4 is 10.9 Å². The van der Waals surface area contributed by atoms with Crippen LogP contribution in [0.15, 0.2) is 30.3 Å². The van der Waals surface area contributed by atoms with E-state index in [-0.39, 0.29) is 0 Å². The van der Waals surface area contributed by atoms with Crippen molar-refractivity contribution in [2.45, 2.75) is 47.5 Å². The molecule has 2 heteroatoms. The fourth-order valence-corrected chi connectivity index (χ4v) is 3.39. The first-order valence-corrected chi connectivity index (χ1v) is 8.68. The first-order valence-electron chi connectivity index (χ1n) is 8.68. The number of benzene rings is 1. The van der Waals surface area contributed by atoms with Crippen LogP contribution in [-0.2, 0) is 7.05 Å². The third kappa shape index (κ3) is 2.71. The monoisotopic (exact) mass is 319 g/mol. The zero-order chi connectivity index (χ0) is 17.6. The molecule has 3 rings (SSSR count). The maximum atomic E-state index is 4.92.